The van der Waals surface area contributed by atoms with Crippen LogP contribution in [0.4, 0.5) is 5.69 Å². The summed E-state index contributed by atoms with van der Waals surface area (Å²) in [7, 11) is 0. The number of hydrogen-bond acceptors (Lipinski definition) is 6. The Morgan fingerprint density at radius 3 is 2.82 bits per heavy atom. The van der Waals surface area contributed by atoms with Gasteiger partial charge in [-0.3, -0.25) is 5.43 Å². The number of nitrogens with one attached hydrogen (secondary N) is 2. The number of pyridine rings is 1. The number of hydrazine groups is 2. The molecule has 5 rings (SSSR count). The minimum atomic E-state index is -0.173. The summed E-state index contributed by atoms with van der Waals surface area (Å²) >= 11 is 0. The maximum Gasteiger partial charge on any atom is 0.244 e. The number of nitrogens with zero attached hydrogens (tertiary/aromatic N) is 2. The summed E-state index contributed by atoms with van der Waals surface area (Å²) in [6.07, 6.45) is 11.4. The third kappa shape index (κ3) is 3.70. The van der Waals surface area contributed by atoms with Gasteiger partial charge in [-0.2, -0.15) is 0 Å². The number of ether oxygens (including phenoxy) is 1. The van der Waals surface area contributed by atoms with Gasteiger partial charge in [0.05, 0.1) is 23.4 Å². The van der Waals surface area contributed by atoms with Crippen LogP contribution in [0, 0.1) is 5.41 Å². The Bertz CT molecular complexity index is 1220. The van der Waals surface area contributed by atoms with E-state index in [1.54, 1.807) is 6.20 Å². The van der Waals surface area contributed by atoms with Crippen molar-refractivity contribution in [2.75, 3.05) is 12.0 Å². The van der Waals surface area contributed by atoms with Gasteiger partial charge in [0.15, 0.2) is 0 Å². The summed E-state index contributed by atoms with van der Waals surface area (Å²) < 4.78 is 6.34. The molecule has 3 aliphatic rings. The lowest BCUT2D eigenvalue weighted by Crippen LogP contribution is -2.36. The molecule has 1 atom stereocenters. The third-order valence-electron chi connectivity index (χ3n) is 6.58. The Hall–Kier alpha value is -3.51. The van der Waals surface area contributed by atoms with Crippen LogP contribution in [0.5, 0.6) is 11.6 Å². The molecule has 1 saturated heterocycles. The first-order valence-electron chi connectivity index (χ1n) is 11.4. The number of aromatic nitrogens is 1. The molecule has 4 N–H and O–H groups in total. The van der Waals surface area contributed by atoms with Gasteiger partial charge < -0.3 is 15.9 Å². The molecular weight excluding hydrogens is 410 g/mol. The Balaban J connectivity index is 1.43. The summed E-state index contributed by atoms with van der Waals surface area (Å²) in [6, 6.07) is 12.0. The smallest absolute Gasteiger partial charge is 0.244 e. The standard InChI is InChI=1S/C27H31N5O/c1-18-16-19-10-7-8-14-27(19)17-32(31-24(27)23(18)28)30-21-12-9-15-29-25(21)33-22-13-6-5-11-20(22)26(2,3)4/h5-13,15-16,30-31H,14,17,28H2,1-4H3. The van der Waals surface area contributed by atoms with Gasteiger partial charge in [0.25, 0.3) is 0 Å². The lowest BCUT2D eigenvalue weighted by atomic mass is 9.69. The number of rotatable bonds is 4. The Labute approximate surface area is 195 Å². The average molecular weight is 442 g/mol. The molecular formula is C27H31N5O. The van der Waals surface area contributed by atoms with Crippen molar-refractivity contribution < 1.29 is 4.74 Å². The van der Waals surface area contributed by atoms with E-state index in [1.807, 2.05) is 35.4 Å². The number of para-hydroxylation sites is 1. The van der Waals surface area contributed by atoms with Crippen molar-refractivity contribution in [3.05, 3.63) is 95.0 Å². The molecule has 1 aliphatic heterocycles. The lowest BCUT2D eigenvalue weighted by molar-refractivity contribution is 0.288. The summed E-state index contributed by atoms with van der Waals surface area (Å²) in [5.74, 6) is 1.33. The van der Waals surface area contributed by atoms with Crippen LogP contribution < -0.4 is 21.3 Å². The molecule has 2 aromatic rings. The molecule has 0 saturated carbocycles. The second-order valence-electron chi connectivity index (χ2n) is 9.97. The predicted octanol–water partition coefficient (Wildman–Crippen LogP) is 5.32. The van der Waals surface area contributed by atoms with Crippen molar-refractivity contribution in [2.24, 2.45) is 11.1 Å². The molecule has 1 aromatic heterocycles. The fourth-order valence-corrected chi connectivity index (χ4v) is 4.81. The van der Waals surface area contributed by atoms with E-state index in [4.69, 9.17) is 10.5 Å². The van der Waals surface area contributed by atoms with Crippen LogP contribution in [0.2, 0.25) is 0 Å². The summed E-state index contributed by atoms with van der Waals surface area (Å²) in [6.45, 7) is 9.33. The number of hydrogen-bond donors (Lipinski definition) is 3. The Morgan fingerprint density at radius 2 is 2.00 bits per heavy atom. The Morgan fingerprint density at radius 1 is 1.18 bits per heavy atom. The minimum Gasteiger partial charge on any atom is -0.437 e. The molecule has 1 aromatic carbocycles. The zero-order chi connectivity index (χ0) is 23.2. The number of nitrogens with two attached hydrogens (primary N) is 1. The molecule has 0 amide bonds. The van der Waals surface area contributed by atoms with E-state index in [0.29, 0.717) is 5.88 Å². The molecule has 6 heteroatoms. The fourth-order valence-electron chi connectivity index (χ4n) is 4.81. The number of allylic oxidation sites excluding steroid dienone is 5. The molecule has 33 heavy (non-hydrogen) atoms. The monoisotopic (exact) mass is 441 g/mol. The SMILES string of the molecule is CC1=CC2=CC=CCC23CN(Nc2cccnc2Oc2ccccc2C(C)(C)C)NC3=C1N. The quantitative estimate of drug-likeness (QED) is 0.596. The van der Waals surface area contributed by atoms with E-state index in [1.165, 1.54) is 5.57 Å². The highest BCUT2D eigenvalue weighted by molar-refractivity contribution is 5.57. The zero-order valence-corrected chi connectivity index (χ0v) is 19.6. The fraction of sp³-hybridized carbons (Fsp3) is 0.296. The van der Waals surface area contributed by atoms with Gasteiger partial charge in [0, 0.05) is 11.8 Å². The Kier molecular flexibility index (Phi) is 5.05. The summed E-state index contributed by atoms with van der Waals surface area (Å²) in [5, 5.41) is 1.99. The van der Waals surface area contributed by atoms with Crippen molar-refractivity contribution in [2.45, 2.75) is 39.5 Å². The first kappa shape index (κ1) is 21.3. The summed E-state index contributed by atoms with van der Waals surface area (Å²) in [4.78, 5) is 4.53. The number of benzene rings is 1. The van der Waals surface area contributed by atoms with Gasteiger partial charge in [-0.05, 0) is 48.1 Å². The highest BCUT2D eigenvalue weighted by Gasteiger charge is 2.48. The van der Waals surface area contributed by atoms with Gasteiger partial charge in [0.1, 0.15) is 11.4 Å². The molecule has 2 heterocycles. The second-order valence-corrected chi connectivity index (χ2v) is 9.97. The van der Waals surface area contributed by atoms with E-state index in [9.17, 15) is 0 Å². The topological polar surface area (TPSA) is 75.4 Å². The number of anilines is 1. The van der Waals surface area contributed by atoms with Gasteiger partial charge in [0.2, 0.25) is 5.88 Å². The van der Waals surface area contributed by atoms with Crippen LogP contribution in [0.3, 0.4) is 0 Å². The van der Waals surface area contributed by atoms with Crippen molar-refractivity contribution >= 4 is 5.69 Å². The van der Waals surface area contributed by atoms with Crippen LogP contribution >= 0.6 is 0 Å². The van der Waals surface area contributed by atoms with E-state index < -0.39 is 0 Å². The molecule has 0 bridgehead atoms. The van der Waals surface area contributed by atoms with Gasteiger partial charge in [-0.25, -0.2) is 4.98 Å². The van der Waals surface area contributed by atoms with Gasteiger partial charge >= 0.3 is 0 Å². The molecule has 1 spiro atoms. The third-order valence-corrected chi connectivity index (χ3v) is 6.58. The molecule has 2 aliphatic carbocycles. The van der Waals surface area contributed by atoms with Crippen molar-refractivity contribution in [3.8, 4) is 11.6 Å². The van der Waals surface area contributed by atoms with Gasteiger partial charge in [-0.1, -0.05) is 63.3 Å². The highest BCUT2D eigenvalue weighted by Crippen LogP contribution is 2.49. The normalized spacial score (nSPS) is 22.2. The van der Waals surface area contributed by atoms with Crippen LogP contribution in [0.15, 0.2) is 89.4 Å². The van der Waals surface area contributed by atoms with Crippen LogP contribution in [0.1, 0.15) is 39.7 Å². The van der Waals surface area contributed by atoms with E-state index >= 15 is 0 Å². The van der Waals surface area contributed by atoms with E-state index in [0.717, 1.165) is 46.9 Å². The second kappa shape index (κ2) is 7.81. The molecule has 1 unspecified atom stereocenters. The van der Waals surface area contributed by atoms with Crippen molar-refractivity contribution in [3.63, 3.8) is 0 Å². The first-order chi connectivity index (χ1) is 15.8. The maximum absolute atomic E-state index is 6.52. The highest BCUT2D eigenvalue weighted by atomic mass is 16.5. The van der Waals surface area contributed by atoms with Gasteiger partial charge in [-0.15, -0.1) is 5.12 Å². The first-order valence-corrected chi connectivity index (χ1v) is 11.4. The molecule has 170 valence electrons. The van der Waals surface area contributed by atoms with Crippen LogP contribution in [0.25, 0.3) is 0 Å². The van der Waals surface area contributed by atoms with Crippen LogP contribution in [-0.2, 0) is 5.41 Å². The molecule has 6 nitrogen and oxygen atoms in total. The largest absolute Gasteiger partial charge is 0.437 e. The summed E-state index contributed by atoms with van der Waals surface area (Å²) in [5.41, 5.74) is 19.4. The average Bonchev–Trinajstić information content (AvgIpc) is 3.14. The van der Waals surface area contributed by atoms with Crippen LogP contribution in [-0.4, -0.2) is 16.6 Å². The van der Waals surface area contributed by atoms with Crippen molar-refractivity contribution in [1.82, 2.24) is 15.5 Å². The zero-order valence-electron chi connectivity index (χ0n) is 19.6. The molecule has 1 fully saturated rings. The maximum atomic E-state index is 6.52. The van der Waals surface area contributed by atoms with Crippen molar-refractivity contribution in [1.29, 1.82) is 0 Å². The minimum absolute atomic E-state index is 0.0452. The molecule has 0 radical (unpaired) electrons. The van der Waals surface area contributed by atoms with E-state index in [-0.39, 0.29) is 10.8 Å². The van der Waals surface area contributed by atoms with E-state index in [2.05, 4.69) is 73.9 Å². The lowest BCUT2D eigenvalue weighted by Gasteiger charge is -2.35. The predicted molar refractivity (Wildman–Crippen MR) is 132 cm³/mol.